The Balaban J connectivity index is 1.20. The molecular formula is C26H28ClN3S. The predicted octanol–water partition coefficient (Wildman–Crippen LogP) is 6.46. The second-order valence-corrected chi connectivity index (χ2v) is 9.87. The molecule has 0 aliphatic carbocycles. The Hall–Kier alpha value is -2.14. The van der Waals surface area contributed by atoms with Crippen molar-refractivity contribution in [2.45, 2.75) is 23.1 Å². The Kier molecular flexibility index (Phi) is 6.13. The fraction of sp³-hybridized carbons (Fsp3) is 0.308. The third-order valence-electron chi connectivity index (χ3n) is 6.20. The van der Waals surface area contributed by atoms with Gasteiger partial charge in [-0.15, -0.1) is 0 Å². The number of hydrogen-bond donors (Lipinski definition) is 0. The smallest absolute Gasteiger partial charge is 0.0555 e. The highest BCUT2D eigenvalue weighted by atomic mass is 35.5. The molecule has 2 aliphatic heterocycles. The van der Waals surface area contributed by atoms with Crippen molar-refractivity contribution in [3.8, 4) is 0 Å². The number of benzene rings is 3. The van der Waals surface area contributed by atoms with E-state index in [0.717, 1.165) is 50.7 Å². The lowest BCUT2D eigenvalue weighted by atomic mass is 10.1. The average molecular weight is 450 g/mol. The molecule has 2 heterocycles. The molecule has 0 atom stereocenters. The Morgan fingerprint density at radius 2 is 1.55 bits per heavy atom. The molecule has 31 heavy (non-hydrogen) atoms. The molecule has 1 fully saturated rings. The maximum atomic E-state index is 6.03. The first kappa shape index (κ1) is 20.7. The Morgan fingerprint density at radius 1 is 0.806 bits per heavy atom. The largest absolute Gasteiger partial charge is 0.369 e. The van der Waals surface area contributed by atoms with E-state index in [0.29, 0.717) is 0 Å². The first-order chi connectivity index (χ1) is 15.2. The maximum Gasteiger partial charge on any atom is 0.0555 e. The molecule has 5 rings (SSSR count). The lowest BCUT2D eigenvalue weighted by molar-refractivity contribution is 0.256. The number of halogens is 1. The van der Waals surface area contributed by atoms with Crippen LogP contribution in [0.5, 0.6) is 0 Å². The van der Waals surface area contributed by atoms with Crippen molar-refractivity contribution in [1.29, 1.82) is 0 Å². The topological polar surface area (TPSA) is 9.72 Å². The molecule has 1 saturated heterocycles. The van der Waals surface area contributed by atoms with Crippen molar-refractivity contribution < 1.29 is 0 Å². The van der Waals surface area contributed by atoms with E-state index in [-0.39, 0.29) is 0 Å². The van der Waals surface area contributed by atoms with Crippen LogP contribution in [0.1, 0.15) is 12.0 Å². The van der Waals surface area contributed by atoms with Gasteiger partial charge >= 0.3 is 0 Å². The number of piperazine rings is 1. The van der Waals surface area contributed by atoms with Gasteiger partial charge in [0.15, 0.2) is 0 Å². The van der Waals surface area contributed by atoms with Crippen LogP contribution < -0.4 is 9.80 Å². The lowest BCUT2D eigenvalue weighted by Gasteiger charge is -2.37. The Morgan fingerprint density at radius 3 is 2.35 bits per heavy atom. The summed E-state index contributed by atoms with van der Waals surface area (Å²) >= 11 is 7.92. The summed E-state index contributed by atoms with van der Waals surface area (Å²) in [5, 5.41) is 0.803. The third kappa shape index (κ3) is 4.57. The summed E-state index contributed by atoms with van der Waals surface area (Å²) in [6.07, 6.45) is 1.16. The van der Waals surface area contributed by atoms with Crippen molar-refractivity contribution in [3.05, 3.63) is 77.3 Å². The number of para-hydroxylation sites is 1. The van der Waals surface area contributed by atoms with E-state index in [1.54, 1.807) is 0 Å². The summed E-state index contributed by atoms with van der Waals surface area (Å²) in [6, 6.07) is 23.9. The van der Waals surface area contributed by atoms with Gasteiger partial charge in [0.25, 0.3) is 0 Å². The number of rotatable bonds is 5. The fourth-order valence-electron chi connectivity index (χ4n) is 4.51. The second-order valence-electron chi connectivity index (χ2n) is 8.35. The van der Waals surface area contributed by atoms with Crippen LogP contribution in [-0.2, 0) is 0 Å². The highest BCUT2D eigenvalue weighted by Gasteiger charge is 2.23. The summed E-state index contributed by atoms with van der Waals surface area (Å²) in [7, 11) is 0. The van der Waals surface area contributed by atoms with Crippen molar-refractivity contribution in [2.75, 3.05) is 49.1 Å². The molecule has 0 saturated carbocycles. The zero-order chi connectivity index (χ0) is 21.2. The fourth-order valence-corrected chi connectivity index (χ4v) is 5.72. The summed E-state index contributed by atoms with van der Waals surface area (Å²) in [4.78, 5) is 10.3. The van der Waals surface area contributed by atoms with Crippen LogP contribution in [0.4, 0.5) is 17.1 Å². The Bertz CT molecular complexity index is 1040. The number of aryl methyl sites for hydroxylation is 1. The van der Waals surface area contributed by atoms with Crippen LogP contribution in [0.3, 0.4) is 0 Å². The number of hydrogen-bond acceptors (Lipinski definition) is 4. The molecule has 0 bridgehead atoms. The van der Waals surface area contributed by atoms with Crippen molar-refractivity contribution in [1.82, 2.24) is 4.90 Å². The molecule has 0 amide bonds. The highest BCUT2D eigenvalue weighted by Crippen LogP contribution is 2.48. The molecule has 2 aliphatic rings. The van der Waals surface area contributed by atoms with Crippen molar-refractivity contribution in [2.24, 2.45) is 0 Å². The molecule has 3 aromatic carbocycles. The molecule has 0 aromatic heterocycles. The zero-order valence-corrected chi connectivity index (χ0v) is 19.5. The first-order valence-corrected chi connectivity index (χ1v) is 12.2. The van der Waals surface area contributed by atoms with Crippen LogP contribution in [0, 0.1) is 6.92 Å². The molecule has 0 radical (unpaired) electrons. The summed E-state index contributed by atoms with van der Waals surface area (Å²) < 4.78 is 0. The van der Waals surface area contributed by atoms with Crippen LogP contribution in [0.15, 0.2) is 76.5 Å². The SMILES string of the molecule is Cc1ccc2c(c1)N(CCCN1CCN(c3ccc(Cl)cc3)CC1)c1ccccc1S2. The standard InChI is InChI=1S/C26H28ClN3S/c1-20-7-12-26-24(19-20)30(23-5-2-3-6-25(23)31-26)14-4-13-28-15-17-29(18-16-28)22-10-8-21(27)9-11-22/h2-3,5-12,19H,4,13-18H2,1H3. The highest BCUT2D eigenvalue weighted by molar-refractivity contribution is 7.99. The zero-order valence-electron chi connectivity index (χ0n) is 17.9. The van der Waals surface area contributed by atoms with Crippen LogP contribution in [-0.4, -0.2) is 44.2 Å². The first-order valence-electron chi connectivity index (χ1n) is 11.1. The third-order valence-corrected chi connectivity index (χ3v) is 7.58. The molecular weight excluding hydrogens is 422 g/mol. The number of anilines is 3. The normalized spacial score (nSPS) is 16.2. The molecule has 0 unspecified atom stereocenters. The van der Waals surface area contributed by atoms with Gasteiger partial charge < -0.3 is 9.80 Å². The number of nitrogens with zero attached hydrogens (tertiary/aromatic N) is 3. The summed E-state index contributed by atoms with van der Waals surface area (Å²) in [5.74, 6) is 0. The van der Waals surface area contributed by atoms with E-state index < -0.39 is 0 Å². The van der Waals surface area contributed by atoms with Gasteiger partial charge in [0.05, 0.1) is 11.4 Å². The molecule has 5 heteroatoms. The van der Waals surface area contributed by atoms with Gasteiger partial charge in [-0.3, -0.25) is 4.90 Å². The molecule has 3 aromatic rings. The quantitative estimate of drug-likeness (QED) is 0.441. The maximum absolute atomic E-state index is 6.03. The second kappa shape index (κ2) is 9.15. The van der Waals surface area contributed by atoms with Gasteiger partial charge in [-0.25, -0.2) is 0 Å². The van der Waals surface area contributed by atoms with Gasteiger partial charge in [-0.2, -0.15) is 0 Å². The molecule has 3 nitrogen and oxygen atoms in total. The van der Waals surface area contributed by atoms with Gasteiger partial charge in [0.2, 0.25) is 0 Å². The van der Waals surface area contributed by atoms with Gasteiger partial charge in [-0.1, -0.05) is 41.6 Å². The molecule has 160 valence electrons. The van der Waals surface area contributed by atoms with Crippen LogP contribution in [0.25, 0.3) is 0 Å². The number of fused-ring (bicyclic) bond motifs is 2. The van der Waals surface area contributed by atoms with E-state index in [1.165, 1.54) is 32.4 Å². The Labute approximate surface area is 194 Å². The minimum absolute atomic E-state index is 0.803. The van der Waals surface area contributed by atoms with Crippen LogP contribution >= 0.6 is 23.4 Å². The van der Waals surface area contributed by atoms with E-state index >= 15 is 0 Å². The van der Waals surface area contributed by atoms with E-state index in [1.807, 2.05) is 23.9 Å². The van der Waals surface area contributed by atoms with Crippen LogP contribution in [0.2, 0.25) is 5.02 Å². The van der Waals surface area contributed by atoms with Gasteiger partial charge in [0.1, 0.15) is 0 Å². The van der Waals surface area contributed by atoms with Gasteiger partial charge in [0, 0.05) is 53.2 Å². The molecule has 0 N–H and O–H groups in total. The lowest BCUT2D eigenvalue weighted by Crippen LogP contribution is -2.47. The minimum atomic E-state index is 0.803. The van der Waals surface area contributed by atoms with Gasteiger partial charge in [-0.05, 0) is 74.0 Å². The predicted molar refractivity (Wildman–Crippen MR) is 133 cm³/mol. The van der Waals surface area contributed by atoms with E-state index in [2.05, 4.69) is 76.2 Å². The van der Waals surface area contributed by atoms with E-state index in [9.17, 15) is 0 Å². The van der Waals surface area contributed by atoms with Crippen molar-refractivity contribution >= 4 is 40.4 Å². The monoisotopic (exact) mass is 449 g/mol. The van der Waals surface area contributed by atoms with E-state index in [4.69, 9.17) is 11.6 Å². The average Bonchev–Trinajstić information content (AvgIpc) is 2.80. The molecule has 0 spiro atoms. The van der Waals surface area contributed by atoms with Crippen molar-refractivity contribution in [3.63, 3.8) is 0 Å². The minimum Gasteiger partial charge on any atom is -0.369 e. The summed E-state index contributed by atoms with van der Waals surface area (Å²) in [6.45, 7) is 8.76. The summed E-state index contributed by atoms with van der Waals surface area (Å²) in [5.41, 5.74) is 5.30.